The van der Waals surface area contributed by atoms with E-state index in [0.29, 0.717) is 18.2 Å². The third kappa shape index (κ3) is 2.25. The largest absolute Gasteiger partial charge is 0.369 e. The van der Waals surface area contributed by atoms with Crippen LogP contribution >= 0.6 is 0 Å². The Balaban J connectivity index is 2.29. The molecule has 1 heterocycles. The lowest BCUT2D eigenvalue weighted by Crippen LogP contribution is -2.47. The van der Waals surface area contributed by atoms with E-state index in [0.717, 1.165) is 13.0 Å². The van der Waals surface area contributed by atoms with Gasteiger partial charge in [0.05, 0.1) is 5.69 Å². The van der Waals surface area contributed by atoms with Gasteiger partial charge in [0.1, 0.15) is 17.4 Å². The molecule has 0 aromatic heterocycles. The highest BCUT2D eigenvalue weighted by atomic mass is 19.1. The number of hydrogen-bond donors (Lipinski definition) is 1. The van der Waals surface area contributed by atoms with Crippen molar-refractivity contribution >= 4 is 5.69 Å². The molecule has 2 N–H and O–H groups in total. The third-order valence-corrected chi connectivity index (χ3v) is 3.46. The average molecular weight is 233 g/mol. The minimum atomic E-state index is -0.461. The minimum absolute atomic E-state index is 0.0820. The van der Waals surface area contributed by atoms with Gasteiger partial charge in [-0.3, -0.25) is 0 Å². The standard InChI is InChI=1S/C13H16FN3/c1-9-5-6-17(8-12(9)16)13-4-2-3-11(14)10(13)7-15/h2-4,9,12H,5-6,8,16H2,1H3. The maximum absolute atomic E-state index is 13.5. The van der Waals surface area contributed by atoms with Crippen LogP contribution in [0, 0.1) is 23.1 Å². The van der Waals surface area contributed by atoms with Crippen molar-refractivity contribution in [2.75, 3.05) is 18.0 Å². The Morgan fingerprint density at radius 3 is 2.94 bits per heavy atom. The molecule has 4 heteroatoms. The molecule has 0 aliphatic carbocycles. The van der Waals surface area contributed by atoms with Gasteiger partial charge in [0.2, 0.25) is 0 Å². The third-order valence-electron chi connectivity index (χ3n) is 3.46. The number of piperidine rings is 1. The highest BCUT2D eigenvalue weighted by Crippen LogP contribution is 2.26. The quantitative estimate of drug-likeness (QED) is 0.805. The smallest absolute Gasteiger partial charge is 0.143 e. The summed E-state index contributed by atoms with van der Waals surface area (Å²) in [5.41, 5.74) is 6.80. The molecule has 1 aliphatic rings. The Bertz CT molecular complexity index is 452. The van der Waals surface area contributed by atoms with Gasteiger partial charge in [-0.25, -0.2) is 4.39 Å². The molecule has 1 aliphatic heterocycles. The molecule has 2 atom stereocenters. The van der Waals surface area contributed by atoms with Crippen molar-refractivity contribution < 1.29 is 4.39 Å². The van der Waals surface area contributed by atoms with Gasteiger partial charge in [-0.1, -0.05) is 13.0 Å². The van der Waals surface area contributed by atoms with Gasteiger partial charge in [-0.05, 0) is 24.5 Å². The van der Waals surface area contributed by atoms with Crippen LogP contribution in [0.15, 0.2) is 18.2 Å². The summed E-state index contributed by atoms with van der Waals surface area (Å²) < 4.78 is 13.5. The summed E-state index contributed by atoms with van der Waals surface area (Å²) in [6, 6.07) is 6.74. The molecule has 1 aromatic rings. The van der Waals surface area contributed by atoms with Crippen LogP contribution in [-0.4, -0.2) is 19.1 Å². The van der Waals surface area contributed by atoms with Crippen molar-refractivity contribution in [2.45, 2.75) is 19.4 Å². The molecule has 0 amide bonds. The highest BCUT2D eigenvalue weighted by molar-refractivity contribution is 5.60. The van der Waals surface area contributed by atoms with Gasteiger partial charge in [-0.15, -0.1) is 0 Å². The van der Waals surface area contributed by atoms with E-state index in [4.69, 9.17) is 11.0 Å². The fraction of sp³-hybridized carbons (Fsp3) is 0.462. The monoisotopic (exact) mass is 233 g/mol. The van der Waals surface area contributed by atoms with E-state index in [2.05, 4.69) is 6.92 Å². The van der Waals surface area contributed by atoms with E-state index in [-0.39, 0.29) is 11.6 Å². The second-order valence-corrected chi connectivity index (χ2v) is 4.62. The van der Waals surface area contributed by atoms with E-state index >= 15 is 0 Å². The number of nitriles is 1. The fourth-order valence-electron chi connectivity index (χ4n) is 2.21. The van der Waals surface area contributed by atoms with Gasteiger partial charge >= 0.3 is 0 Å². The Labute approximate surface area is 101 Å². The number of benzene rings is 1. The first kappa shape index (κ1) is 11.9. The summed E-state index contributed by atoms with van der Waals surface area (Å²) in [6.45, 7) is 3.63. The van der Waals surface area contributed by atoms with Crippen molar-refractivity contribution in [3.63, 3.8) is 0 Å². The Morgan fingerprint density at radius 2 is 2.29 bits per heavy atom. The lowest BCUT2D eigenvalue weighted by molar-refractivity contribution is 0.379. The summed E-state index contributed by atoms with van der Waals surface area (Å²) in [7, 11) is 0. The second kappa shape index (κ2) is 4.72. The molecule has 3 nitrogen and oxygen atoms in total. The molecule has 1 fully saturated rings. The van der Waals surface area contributed by atoms with E-state index in [9.17, 15) is 4.39 Å². The number of anilines is 1. The normalized spacial score (nSPS) is 24.5. The van der Waals surface area contributed by atoms with Crippen LogP contribution in [-0.2, 0) is 0 Å². The summed E-state index contributed by atoms with van der Waals surface area (Å²) in [4.78, 5) is 2.01. The van der Waals surface area contributed by atoms with Gasteiger partial charge in [-0.2, -0.15) is 5.26 Å². The molecule has 1 aromatic carbocycles. The zero-order valence-corrected chi connectivity index (χ0v) is 9.86. The average Bonchev–Trinajstić information content (AvgIpc) is 2.32. The van der Waals surface area contributed by atoms with E-state index < -0.39 is 5.82 Å². The number of nitrogens with zero attached hydrogens (tertiary/aromatic N) is 2. The molecule has 0 saturated carbocycles. The maximum atomic E-state index is 13.5. The molecule has 2 rings (SSSR count). The second-order valence-electron chi connectivity index (χ2n) is 4.62. The zero-order valence-electron chi connectivity index (χ0n) is 9.86. The first-order valence-corrected chi connectivity index (χ1v) is 5.82. The Hall–Kier alpha value is -1.60. The predicted octanol–water partition coefficient (Wildman–Crippen LogP) is 1.87. The zero-order chi connectivity index (χ0) is 12.4. The van der Waals surface area contributed by atoms with Crippen LogP contribution in [0.2, 0.25) is 0 Å². The van der Waals surface area contributed by atoms with Gasteiger partial charge in [0.15, 0.2) is 0 Å². The Morgan fingerprint density at radius 1 is 1.53 bits per heavy atom. The van der Waals surface area contributed by atoms with Crippen LogP contribution in [0.3, 0.4) is 0 Å². The Kier molecular flexibility index (Phi) is 3.30. The molecular formula is C13H16FN3. The molecule has 2 unspecified atom stereocenters. The number of hydrogen-bond acceptors (Lipinski definition) is 3. The molecule has 90 valence electrons. The van der Waals surface area contributed by atoms with E-state index in [1.807, 2.05) is 11.0 Å². The summed E-state index contributed by atoms with van der Waals surface area (Å²) in [6.07, 6.45) is 0.975. The van der Waals surface area contributed by atoms with Crippen molar-refractivity contribution in [1.82, 2.24) is 0 Å². The van der Waals surface area contributed by atoms with Gasteiger partial charge < -0.3 is 10.6 Å². The van der Waals surface area contributed by atoms with E-state index in [1.54, 1.807) is 12.1 Å². The van der Waals surface area contributed by atoms with Crippen LogP contribution in [0.4, 0.5) is 10.1 Å². The number of rotatable bonds is 1. The van der Waals surface area contributed by atoms with Crippen LogP contribution in [0.25, 0.3) is 0 Å². The van der Waals surface area contributed by atoms with Gasteiger partial charge in [0.25, 0.3) is 0 Å². The van der Waals surface area contributed by atoms with Crippen LogP contribution in [0.1, 0.15) is 18.9 Å². The summed E-state index contributed by atoms with van der Waals surface area (Å²) in [5, 5.41) is 9.00. The SMILES string of the molecule is CC1CCN(c2cccc(F)c2C#N)CC1N. The number of halogens is 1. The van der Waals surface area contributed by atoms with Crippen LogP contribution < -0.4 is 10.6 Å². The van der Waals surface area contributed by atoms with Gasteiger partial charge in [0, 0.05) is 19.1 Å². The predicted molar refractivity (Wildman–Crippen MR) is 65.1 cm³/mol. The minimum Gasteiger partial charge on any atom is -0.369 e. The van der Waals surface area contributed by atoms with Crippen LogP contribution in [0.5, 0.6) is 0 Å². The maximum Gasteiger partial charge on any atom is 0.143 e. The summed E-state index contributed by atoms with van der Waals surface area (Å²) >= 11 is 0. The van der Waals surface area contributed by atoms with E-state index in [1.165, 1.54) is 6.07 Å². The molecule has 17 heavy (non-hydrogen) atoms. The summed E-state index contributed by atoms with van der Waals surface area (Å²) in [5.74, 6) is 0.0162. The molecule has 0 spiro atoms. The first-order valence-electron chi connectivity index (χ1n) is 5.82. The lowest BCUT2D eigenvalue weighted by Gasteiger charge is -2.36. The van der Waals surface area contributed by atoms with Crippen molar-refractivity contribution in [3.05, 3.63) is 29.6 Å². The molecule has 0 bridgehead atoms. The topological polar surface area (TPSA) is 53.0 Å². The molecular weight excluding hydrogens is 217 g/mol. The highest BCUT2D eigenvalue weighted by Gasteiger charge is 2.25. The molecule has 0 radical (unpaired) electrons. The van der Waals surface area contributed by atoms with Crippen molar-refractivity contribution in [2.24, 2.45) is 11.7 Å². The fourth-order valence-corrected chi connectivity index (χ4v) is 2.21. The van der Waals surface area contributed by atoms with Crippen molar-refractivity contribution in [3.8, 4) is 6.07 Å². The number of nitrogens with two attached hydrogens (primary N) is 1. The first-order chi connectivity index (χ1) is 8.13. The van der Waals surface area contributed by atoms with Crippen molar-refractivity contribution in [1.29, 1.82) is 5.26 Å². The lowest BCUT2D eigenvalue weighted by atomic mass is 9.93. The molecule has 1 saturated heterocycles.